The van der Waals surface area contributed by atoms with Gasteiger partial charge < -0.3 is 10.1 Å². The Kier molecular flexibility index (Phi) is 7.24. The van der Waals surface area contributed by atoms with Crippen LogP contribution in [0, 0.1) is 19.3 Å². The first kappa shape index (κ1) is 26.3. The molecule has 0 radical (unpaired) electrons. The summed E-state index contributed by atoms with van der Waals surface area (Å²) < 4.78 is 6.68. The molecule has 1 unspecified atom stereocenters. The van der Waals surface area contributed by atoms with Crippen molar-refractivity contribution in [2.75, 3.05) is 19.4 Å². The predicted molar refractivity (Wildman–Crippen MR) is 143 cm³/mol. The Bertz CT molecular complexity index is 1060. The van der Waals surface area contributed by atoms with E-state index in [0.29, 0.717) is 12.3 Å². The Labute approximate surface area is 207 Å². The first-order valence-corrected chi connectivity index (χ1v) is 12.5. The summed E-state index contributed by atoms with van der Waals surface area (Å²) in [5.41, 5.74) is 7.67. The molecular weight excluding hydrogens is 420 g/mol. The van der Waals surface area contributed by atoms with E-state index < -0.39 is 0 Å². The third-order valence-electron chi connectivity index (χ3n) is 6.92. The van der Waals surface area contributed by atoms with Crippen molar-refractivity contribution in [3.8, 4) is 5.75 Å². The number of nitrogens with zero attached hydrogens (tertiary/aromatic N) is 1. The Hall–Kier alpha value is -2.33. The van der Waals surface area contributed by atoms with Gasteiger partial charge in [-0.2, -0.15) is 0 Å². The SMILES string of the molecule is Cc1c(Cc2ccc(C(C)C)cc2)c2c(c(C)c1NC(=O)CC(C)(C)C)C(N(C)C)C(C)(C)O2. The average Bonchev–Trinajstić information content (AvgIpc) is 2.98. The van der Waals surface area contributed by atoms with Crippen LogP contribution in [0.1, 0.15) is 100 Å². The molecule has 1 N–H and O–H groups in total. The highest BCUT2D eigenvalue weighted by Gasteiger charge is 2.45. The molecule has 0 aromatic heterocycles. The summed E-state index contributed by atoms with van der Waals surface area (Å²) in [7, 11) is 4.21. The fourth-order valence-corrected chi connectivity index (χ4v) is 5.35. The summed E-state index contributed by atoms with van der Waals surface area (Å²) in [6.07, 6.45) is 1.25. The van der Waals surface area contributed by atoms with Gasteiger partial charge in [0.1, 0.15) is 11.4 Å². The zero-order valence-electron chi connectivity index (χ0n) is 23.1. The van der Waals surface area contributed by atoms with Gasteiger partial charge in [-0.1, -0.05) is 58.9 Å². The van der Waals surface area contributed by atoms with E-state index in [1.165, 1.54) is 22.3 Å². The molecule has 0 saturated carbocycles. The topological polar surface area (TPSA) is 41.6 Å². The molecule has 186 valence electrons. The van der Waals surface area contributed by atoms with Crippen molar-refractivity contribution in [3.05, 3.63) is 57.6 Å². The molecule has 4 nitrogen and oxygen atoms in total. The summed E-state index contributed by atoms with van der Waals surface area (Å²) in [6, 6.07) is 9.00. The van der Waals surface area contributed by atoms with Crippen molar-refractivity contribution < 1.29 is 9.53 Å². The van der Waals surface area contributed by atoms with Crippen LogP contribution in [0.15, 0.2) is 24.3 Å². The minimum Gasteiger partial charge on any atom is -0.485 e. The number of benzene rings is 2. The lowest BCUT2D eigenvalue weighted by Crippen LogP contribution is -2.38. The van der Waals surface area contributed by atoms with Crippen LogP contribution in [0.4, 0.5) is 5.69 Å². The zero-order chi connectivity index (χ0) is 25.6. The van der Waals surface area contributed by atoms with E-state index >= 15 is 0 Å². The lowest BCUT2D eigenvalue weighted by molar-refractivity contribution is -0.117. The quantitative estimate of drug-likeness (QED) is 0.493. The van der Waals surface area contributed by atoms with Gasteiger partial charge in [0.05, 0.1) is 6.04 Å². The molecule has 0 bridgehead atoms. The van der Waals surface area contributed by atoms with Crippen molar-refractivity contribution in [2.45, 2.75) is 92.7 Å². The smallest absolute Gasteiger partial charge is 0.224 e. The lowest BCUT2D eigenvalue weighted by Gasteiger charge is -2.32. The summed E-state index contributed by atoms with van der Waals surface area (Å²) in [5.74, 6) is 1.56. The predicted octanol–water partition coefficient (Wildman–Crippen LogP) is 7.17. The highest BCUT2D eigenvalue weighted by molar-refractivity contribution is 5.94. The first-order valence-electron chi connectivity index (χ1n) is 12.5. The van der Waals surface area contributed by atoms with Crippen molar-refractivity contribution in [3.63, 3.8) is 0 Å². The third kappa shape index (κ3) is 5.33. The third-order valence-corrected chi connectivity index (χ3v) is 6.92. The molecule has 1 heterocycles. The second-order valence-corrected chi connectivity index (χ2v) is 12.3. The summed E-state index contributed by atoms with van der Waals surface area (Å²) in [5, 5.41) is 3.29. The van der Waals surface area contributed by atoms with Gasteiger partial charge in [-0.3, -0.25) is 9.69 Å². The van der Waals surface area contributed by atoms with Crippen molar-refractivity contribution in [2.24, 2.45) is 5.41 Å². The van der Waals surface area contributed by atoms with Crippen LogP contribution in [-0.2, 0) is 11.2 Å². The molecule has 4 heteroatoms. The van der Waals surface area contributed by atoms with Crippen LogP contribution >= 0.6 is 0 Å². The Morgan fingerprint density at radius 3 is 2.18 bits per heavy atom. The molecule has 0 aliphatic carbocycles. The maximum atomic E-state index is 13.0. The number of ether oxygens (including phenoxy) is 1. The molecule has 2 aromatic rings. The monoisotopic (exact) mass is 464 g/mol. The van der Waals surface area contributed by atoms with E-state index in [0.717, 1.165) is 29.0 Å². The maximum Gasteiger partial charge on any atom is 0.224 e. The number of amides is 1. The lowest BCUT2D eigenvalue weighted by atomic mass is 9.85. The second kappa shape index (κ2) is 9.37. The molecule has 1 aliphatic rings. The van der Waals surface area contributed by atoms with Gasteiger partial charge in [-0.15, -0.1) is 0 Å². The Balaban J connectivity index is 2.15. The van der Waals surface area contributed by atoms with Crippen molar-refractivity contribution >= 4 is 11.6 Å². The van der Waals surface area contributed by atoms with Gasteiger partial charge in [-0.05, 0) is 75.4 Å². The van der Waals surface area contributed by atoms with E-state index in [9.17, 15) is 4.79 Å². The van der Waals surface area contributed by atoms with Gasteiger partial charge in [0.25, 0.3) is 0 Å². The van der Waals surface area contributed by atoms with E-state index in [1.807, 2.05) is 0 Å². The molecule has 0 saturated heterocycles. The molecule has 2 aromatic carbocycles. The number of fused-ring (bicyclic) bond motifs is 1. The van der Waals surface area contributed by atoms with Crippen LogP contribution in [0.25, 0.3) is 0 Å². The minimum absolute atomic E-state index is 0.0606. The van der Waals surface area contributed by atoms with Gasteiger partial charge in [0.15, 0.2) is 0 Å². The fourth-order valence-electron chi connectivity index (χ4n) is 5.35. The molecule has 0 spiro atoms. The van der Waals surface area contributed by atoms with Gasteiger partial charge in [-0.25, -0.2) is 0 Å². The number of rotatable bonds is 6. The fraction of sp³-hybridized carbons (Fsp3) is 0.567. The van der Waals surface area contributed by atoms with Gasteiger partial charge >= 0.3 is 0 Å². The number of hydrogen-bond acceptors (Lipinski definition) is 3. The molecule has 1 aliphatic heterocycles. The summed E-state index contributed by atoms with van der Waals surface area (Å²) >= 11 is 0. The largest absolute Gasteiger partial charge is 0.485 e. The normalized spacial score (nSPS) is 17.1. The van der Waals surface area contributed by atoms with Crippen LogP contribution in [0.5, 0.6) is 5.75 Å². The minimum atomic E-state index is -0.368. The second-order valence-electron chi connectivity index (χ2n) is 12.3. The highest BCUT2D eigenvalue weighted by Crippen LogP contribution is 2.52. The number of carbonyl (C=O) groups is 1. The Morgan fingerprint density at radius 1 is 1.09 bits per heavy atom. The summed E-state index contributed by atoms with van der Waals surface area (Å²) in [6.45, 7) is 19.3. The number of anilines is 1. The first-order chi connectivity index (χ1) is 15.6. The zero-order valence-corrected chi connectivity index (χ0v) is 23.1. The standard InChI is InChI=1S/C30H44N2O2/c1-18(2)22-14-12-21(13-15-22)16-23-19(3)26(31-24(33)17-29(5,6)7)20(4)25-27(23)34-30(8,9)28(25)32(10)11/h12-15,18,28H,16-17H2,1-11H3,(H,31,33). The van der Waals surface area contributed by atoms with Crippen LogP contribution in [0.2, 0.25) is 0 Å². The maximum absolute atomic E-state index is 13.0. The number of likely N-dealkylation sites (N-methyl/N-ethyl adjacent to an activating group) is 1. The van der Waals surface area contributed by atoms with E-state index in [1.54, 1.807) is 0 Å². The number of carbonyl (C=O) groups excluding carboxylic acids is 1. The Morgan fingerprint density at radius 2 is 1.68 bits per heavy atom. The molecule has 3 rings (SSSR count). The van der Waals surface area contributed by atoms with Crippen LogP contribution in [-0.4, -0.2) is 30.5 Å². The molecule has 0 fully saturated rings. The van der Waals surface area contributed by atoms with Crippen LogP contribution in [0.3, 0.4) is 0 Å². The van der Waals surface area contributed by atoms with E-state index in [2.05, 4.69) is 111 Å². The van der Waals surface area contributed by atoms with Crippen molar-refractivity contribution in [1.29, 1.82) is 0 Å². The van der Waals surface area contributed by atoms with Gasteiger partial charge in [0.2, 0.25) is 5.91 Å². The van der Waals surface area contributed by atoms with Crippen molar-refractivity contribution in [1.82, 2.24) is 4.90 Å². The number of nitrogens with one attached hydrogen (secondary N) is 1. The molecular formula is C30H44N2O2. The average molecular weight is 465 g/mol. The summed E-state index contributed by atoms with van der Waals surface area (Å²) in [4.78, 5) is 15.2. The van der Waals surface area contributed by atoms with Crippen LogP contribution < -0.4 is 10.1 Å². The van der Waals surface area contributed by atoms with E-state index in [4.69, 9.17) is 4.74 Å². The highest BCUT2D eigenvalue weighted by atomic mass is 16.5. The molecule has 1 amide bonds. The van der Waals surface area contributed by atoms with E-state index in [-0.39, 0.29) is 23.0 Å². The molecule has 34 heavy (non-hydrogen) atoms. The molecule has 1 atom stereocenters. The van der Waals surface area contributed by atoms with Gasteiger partial charge in [0, 0.05) is 29.7 Å². The number of hydrogen-bond donors (Lipinski definition) is 1.